The van der Waals surface area contributed by atoms with Gasteiger partial charge in [-0.2, -0.15) is 0 Å². The molecule has 0 aromatic rings. The Morgan fingerprint density at radius 2 is 2.27 bits per heavy atom. The Labute approximate surface area is 68.1 Å². The molecule has 1 aliphatic carbocycles. The van der Waals surface area contributed by atoms with Gasteiger partial charge >= 0.3 is 0 Å². The van der Waals surface area contributed by atoms with Crippen LogP contribution in [0, 0.1) is 0 Å². The van der Waals surface area contributed by atoms with Gasteiger partial charge in [-0.25, -0.2) is 0 Å². The smallest absolute Gasteiger partial charge is 0.0898 e. The highest BCUT2D eigenvalue weighted by atomic mass is 16.3. The molecule has 11 heavy (non-hydrogen) atoms. The molecular weight excluding hydrogens is 138 g/mol. The van der Waals surface area contributed by atoms with Gasteiger partial charge in [0.05, 0.1) is 6.10 Å². The number of hydrogen-bond acceptors (Lipinski definition) is 2. The van der Waals surface area contributed by atoms with Gasteiger partial charge in [-0.15, -0.1) is 0 Å². The molecule has 64 valence electrons. The molecule has 2 unspecified atom stereocenters. The average Bonchev–Trinajstić information content (AvgIpc) is 2.05. The first-order chi connectivity index (χ1) is 5.22. The minimum atomic E-state index is -0.407. The van der Waals surface area contributed by atoms with E-state index in [4.69, 9.17) is 5.73 Å². The molecule has 1 aliphatic rings. The molecule has 2 atom stereocenters. The predicted octanol–water partition coefficient (Wildman–Crippen LogP) is 1.19. The van der Waals surface area contributed by atoms with Crippen molar-refractivity contribution >= 4 is 0 Å². The third kappa shape index (κ3) is 2.31. The second kappa shape index (κ2) is 3.88. The molecule has 0 amide bonds. The average molecular weight is 155 g/mol. The first kappa shape index (κ1) is 8.75. The van der Waals surface area contributed by atoms with Crippen LogP contribution in [0.3, 0.4) is 0 Å². The summed E-state index contributed by atoms with van der Waals surface area (Å²) in [6.07, 6.45) is 6.33. The molecule has 3 N–H and O–H groups in total. The van der Waals surface area contributed by atoms with Crippen molar-refractivity contribution in [3.8, 4) is 0 Å². The maximum atomic E-state index is 9.56. The fourth-order valence-electron chi connectivity index (χ4n) is 1.47. The van der Waals surface area contributed by atoms with Crippen LogP contribution in [0.2, 0.25) is 0 Å². The van der Waals surface area contributed by atoms with Crippen LogP contribution >= 0.6 is 0 Å². The van der Waals surface area contributed by atoms with E-state index in [0.717, 1.165) is 18.4 Å². The molecule has 0 saturated heterocycles. The first-order valence-electron chi connectivity index (χ1n) is 4.34. The summed E-state index contributed by atoms with van der Waals surface area (Å²) in [6, 6.07) is -0.126. The van der Waals surface area contributed by atoms with Crippen LogP contribution < -0.4 is 5.73 Å². The van der Waals surface area contributed by atoms with Crippen molar-refractivity contribution in [1.82, 2.24) is 0 Å². The van der Waals surface area contributed by atoms with Crippen LogP contribution in [-0.4, -0.2) is 17.3 Å². The van der Waals surface area contributed by atoms with Gasteiger partial charge in [0.1, 0.15) is 0 Å². The molecule has 0 aliphatic heterocycles. The Bertz CT molecular complexity index is 152. The van der Waals surface area contributed by atoms with Gasteiger partial charge in [-0.05, 0) is 38.2 Å². The summed E-state index contributed by atoms with van der Waals surface area (Å²) >= 11 is 0. The third-order valence-electron chi connectivity index (χ3n) is 2.20. The van der Waals surface area contributed by atoms with Crippen molar-refractivity contribution in [2.75, 3.05) is 0 Å². The number of hydrogen-bond donors (Lipinski definition) is 2. The van der Waals surface area contributed by atoms with E-state index in [1.807, 2.05) is 6.92 Å². The monoisotopic (exact) mass is 155 g/mol. The van der Waals surface area contributed by atoms with E-state index in [9.17, 15) is 5.11 Å². The highest BCUT2D eigenvalue weighted by Crippen LogP contribution is 2.21. The number of rotatable bonds is 2. The van der Waals surface area contributed by atoms with E-state index in [0.29, 0.717) is 0 Å². The summed E-state index contributed by atoms with van der Waals surface area (Å²) < 4.78 is 0. The van der Waals surface area contributed by atoms with Crippen LogP contribution in [-0.2, 0) is 0 Å². The van der Waals surface area contributed by atoms with Gasteiger partial charge in [0.15, 0.2) is 0 Å². The van der Waals surface area contributed by atoms with Crippen LogP contribution in [0.5, 0.6) is 0 Å². The third-order valence-corrected chi connectivity index (χ3v) is 2.20. The van der Waals surface area contributed by atoms with Gasteiger partial charge < -0.3 is 10.8 Å². The molecule has 0 radical (unpaired) electrons. The van der Waals surface area contributed by atoms with Crippen molar-refractivity contribution < 1.29 is 5.11 Å². The molecule has 0 spiro atoms. The van der Waals surface area contributed by atoms with E-state index < -0.39 is 6.10 Å². The van der Waals surface area contributed by atoms with Crippen LogP contribution in [0.1, 0.15) is 32.6 Å². The fourth-order valence-corrected chi connectivity index (χ4v) is 1.47. The van der Waals surface area contributed by atoms with Gasteiger partial charge in [-0.1, -0.05) is 6.08 Å². The fraction of sp³-hybridized carbons (Fsp3) is 0.778. The Balaban J connectivity index is 2.51. The lowest BCUT2D eigenvalue weighted by molar-refractivity contribution is 0.180. The van der Waals surface area contributed by atoms with Crippen LogP contribution in [0.15, 0.2) is 11.6 Å². The molecule has 2 heteroatoms. The summed E-state index contributed by atoms with van der Waals surface area (Å²) in [4.78, 5) is 0. The summed E-state index contributed by atoms with van der Waals surface area (Å²) in [5, 5.41) is 9.56. The minimum absolute atomic E-state index is 0.126. The van der Waals surface area contributed by atoms with E-state index >= 15 is 0 Å². The number of aliphatic hydroxyl groups excluding tert-OH is 1. The topological polar surface area (TPSA) is 46.2 Å². The summed E-state index contributed by atoms with van der Waals surface area (Å²) in [6.45, 7) is 1.85. The quantitative estimate of drug-likeness (QED) is 0.588. The van der Waals surface area contributed by atoms with Gasteiger partial charge in [-0.3, -0.25) is 0 Å². The lowest BCUT2D eigenvalue weighted by atomic mass is 9.93. The maximum absolute atomic E-state index is 9.56. The van der Waals surface area contributed by atoms with Crippen molar-refractivity contribution in [3.05, 3.63) is 11.6 Å². The molecule has 0 heterocycles. The van der Waals surface area contributed by atoms with Gasteiger partial charge in [0.2, 0.25) is 0 Å². The molecular formula is C9H17NO. The second-order valence-electron chi connectivity index (χ2n) is 3.33. The highest BCUT2D eigenvalue weighted by molar-refractivity contribution is 5.12. The summed E-state index contributed by atoms with van der Waals surface area (Å²) in [5.41, 5.74) is 6.72. The Kier molecular flexibility index (Phi) is 3.09. The van der Waals surface area contributed by atoms with Crippen molar-refractivity contribution in [3.63, 3.8) is 0 Å². The summed E-state index contributed by atoms with van der Waals surface area (Å²) in [7, 11) is 0. The molecule has 0 aromatic heterocycles. The second-order valence-corrected chi connectivity index (χ2v) is 3.33. The summed E-state index contributed by atoms with van der Waals surface area (Å²) in [5.74, 6) is 0. The Morgan fingerprint density at radius 3 is 2.73 bits per heavy atom. The first-order valence-corrected chi connectivity index (χ1v) is 4.34. The zero-order valence-electron chi connectivity index (χ0n) is 7.09. The SMILES string of the molecule is CC(N)C(O)C1=CCCCC1. The standard InChI is InChI=1S/C9H17NO/c1-7(10)9(11)8-5-3-2-4-6-8/h5,7,9,11H,2-4,6,10H2,1H3. The maximum Gasteiger partial charge on any atom is 0.0898 e. The number of aliphatic hydroxyl groups is 1. The van der Waals surface area contributed by atoms with Gasteiger partial charge in [0.25, 0.3) is 0 Å². The van der Waals surface area contributed by atoms with Crippen molar-refractivity contribution in [2.24, 2.45) is 5.73 Å². The largest absolute Gasteiger partial charge is 0.387 e. The van der Waals surface area contributed by atoms with E-state index in [1.54, 1.807) is 0 Å². The zero-order valence-corrected chi connectivity index (χ0v) is 7.09. The minimum Gasteiger partial charge on any atom is -0.387 e. The van der Waals surface area contributed by atoms with Crippen molar-refractivity contribution in [1.29, 1.82) is 0 Å². The molecule has 1 rings (SSSR count). The normalized spacial score (nSPS) is 24.1. The molecule has 0 aromatic carbocycles. The lowest BCUT2D eigenvalue weighted by Crippen LogP contribution is -2.33. The zero-order chi connectivity index (χ0) is 8.27. The van der Waals surface area contributed by atoms with E-state index in [1.165, 1.54) is 12.8 Å². The van der Waals surface area contributed by atoms with Crippen LogP contribution in [0.4, 0.5) is 0 Å². The highest BCUT2D eigenvalue weighted by Gasteiger charge is 2.16. The molecule has 0 bridgehead atoms. The van der Waals surface area contributed by atoms with Crippen molar-refractivity contribution in [2.45, 2.75) is 44.8 Å². The lowest BCUT2D eigenvalue weighted by Gasteiger charge is -2.21. The molecule has 2 nitrogen and oxygen atoms in total. The van der Waals surface area contributed by atoms with E-state index in [2.05, 4.69) is 6.08 Å². The molecule has 0 saturated carbocycles. The number of nitrogens with two attached hydrogens (primary N) is 1. The Morgan fingerprint density at radius 1 is 1.55 bits per heavy atom. The Hall–Kier alpha value is -0.340. The molecule has 0 fully saturated rings. The number of allylic oxidation sites excluding steroid dienone is 1. The van der Waals surface area contributed by atoms with Gasteiger partial charge in [0, 0.05) is 6.04 Å². The van der Waals surface area contributed by atoms with Crippen LogP contribution in [0.25, 0.3) is 0 Å². The predicted molar refractivity (Wildman–Crippen MR) is 46.2 cm³/mol. The van der Waals surface area contributed by atoms with E-state index in [-0.39, 0.29) is 6.04 Å².